The average molecular weight is 404 g/mol. The Morgan fingerprint density at radius 3 is 2.73 bits per heavy atom. The molecule has 1 heterocycles. The number of carbonyl (C=O) groups excluding carboxylic acids is 1. The lowest BCUT2D eigenvalue weighted by molar-refractivity contribution is -0.129. The fourth-order valence-corrected chi connectivity index (χ4v) is 4.13. The van der Waals surface area contributed by atoms with Crippen molar-refractivity contribution in [1.82, 2.24) is 5.32 Å². The van der Waals surface area contributed by atoms with E-state index in [1.54, 1.807) is 0 Å². The molecule has 0 radical (unpaired) electrons. The molecule has 2 atom stereocenters. The van der Waals surface area contributed by atoms with Crippen molar-refractivity contribution in [3.8, 4) is 11.5 Å². The molecule has 0 bridgehead atoms. The molecule has 0 unspecified atom stereocenters. The molecule has 30 heavy (non-hydrogen) atoms. The fraction of sp³-hybridized carbons (Fsp3) is 0.346. The van der Waals surface area contributed by atoms with Crippen LogP contribution in [-0.4, -0.2) is 17.6 Å². The number of ether oxygens (including phenoxy) is 2. The van der Waals surface area contributed by atoms with Crippen LogP contribution in [-0.2, 0) is 4.79 Å². The summed E-state index contributed by atoms with van der Waals surface area (Å²) in [5, 5.41) is 5.34. The van der Waals surface area contributed by atoms with Gasteiger partial charge in [0.25, 0.3) is 5.91 Å². The summed E-state index contributed by atoms with van der Waals surface area (Å²) in [4.78, 5) is 13.2. The van der Waals surface area contributed by atoms with Gasteiger partial charge >= 0.3 is 0 Å². The number of hydrogen-bond donors (Lipinski definition) is 1. The van der Waals surface area contributed by atoms with Crippen LogP contribution >= 0.6 is 0 Å². The largest absolute Gasteiger partial charge is 0.487 e. The van der Waals surface area contributed by atoms with Gasteiger partial charge in [-0.3, -0.25) is 4.79 Å². The standard InChI is InChI=1S/C26H29NO3/c1-5-22(29-23-12-8-10-18-9-6-7-11-19(18)23)25(28)27-21-16-26(3,4)30-24-15-17(2)13-14-20(21)24/h6-15,21-22H,5,16H2,1-4H3,(H,27,28)/t21-,22-/m1/s1. The average Bonchev–Trinajstić information content (AvgIpc) is 2.70. The molecule has 0 aromatic heterocycles. The highest BCUT2D eigenvalue weighted by Gasteiger charge is 2.35. The molecule has 0 aliphatic carbocycles. The van der Waals surface area contributed by atoms with Crippen LogP contribution in [0.5, 0.6) is 11.5 Å². The van der Waals surface area contributed by atoms with Crippen LogP contribution in [0.2, 0.25) is 0 Å². The Bertz CT molecular complexity index is 1070. The van der Waals surface area contributed by atoms with Crippen molar-refractivity contribution in [2.24, 2.45) is 0 Å². The smallest absolute Gasteiger partial charge is 0.261 e. The van der Waals surface area contributed by atoms with E-state index < -0.39 is 6.10 Å². The van der Waals surface area contributed by atoms with Crippen LogP contribution < -0.4 is 14.8 Å². The third kappa shape index (κ3) is 4.13. The molecule has 0 fully saturated rings. The minimum Gasteiger partial charge on any atom is -0.487 e. The minimum atomic E-state index is -0.560. The second kappa shape index (κ2) is 8.02. The number of aryl methyl sites for hydroxylation is 1. The maximum absolute atomic E-state index is 13.2. The third-order valence-electron chi connectivity index (χ3n) is 5.63. The zero-order chi connectivity index (χ0) is 21.3. The normalized spacial score (nSPS) is 18.2. The van der Waals surface area contributed by atoms with Gasteiger partial charge in [-0.25, -0.2) is 0 Å². The molecule has 4 heteroatoms. The van der Waals surface area contributed by atoms with Crippen LogP contribution in [0.25, 0.3) is 10.8 Å². The summed E-state index contributed by atoms with van der Waals surface area (Å²) in [5.41, 5.74) is 1.81. The quantitative estimate of drug-likeness (QED) is 0.592. The van der Waals surface area contributed by atoms with Crippen molar-refractivity contribution in [1.29, 1.82) is 0 Å². The van der Waals surface area contributed by atoms with Gasteiger partial charge < -0.3 is 14.8 Å². The lowest BCUT2D eigenvalue weighted by Gasteiger charge is -2.38. The molecule has 1 aliphatic rings. The van der Waals surface area contributed by atoms with E-state index in [0.29, 0.717) is 12.8 Å². The van der Waals surface area contributed by atoms with Crippen LogP contribution in [0.15, 0.2) is 60.7 Å². The molecule has 0 saturated heterocycles. The summed E-state index contributed by atoms with van der Waals surface area (Å²) in [6.07, 6.45) is 0.734. The van der Waals surface area contributed by atoms with Gasteiger partial charge in [-0.1, -0.05) is 55.5 Å². The van der Waals surface area contributed by atoms with E-state index in [1.165, 1.54) is 0 Å². The summed E-state index contributed by atoms with van der Waals surface area (Å²) in [7, 11) is 0. The van der Waals surface area contributed by atoms with E-state index in [9.17, 15) is 4.79 Å². The second-order valence-electron chi connectivity index (χ2n) is 8.66. The second-order valence-corrected chi connectivity index (χ2v) is 8.66. The van der Waals surface area contributed by atoms with Crippen LogP contribution in [0.3, 0.4) is 0 Å². The fourth-order valence-electron chi connectivity index (χ4n) is 4.13. The molecule has 3 aromatic rings. The van der Waals surface area contributed by atoms with E-state index in [1.807, 2.05) is 62.4 Å². The van der Waals surface area contributed by atoms with Crippen LogP contribution in [0.4, 0.5) is 0 Å². The summed E-state index contributed by atoms with van der Waals surface area (Å²) in [6.45, 7) is 8.13. The van der Waals surface area contributed by atoms with Crippen molar-refractivity contribution in [2.75, 3.05) is 0 Å². The molecular weight excluding hydrogens is 374 g/mol. The Hall–Kier alpha value is -3.01. The first-order valence-electron chi connectivity index (χ1n) is 10.6. The Labute approximate surface area is 178 Å². The zero-order valence-corrected chi connectivity index (χ0v) is 18.1. The number of rotatable bonds is 5. The lowest BCUT2D eigenvalue weighted by atomic mass is 9.89. The first kappa shape index (κ1) is 20.3. The minimum absolute atomic E-state index is 0.0975. The number of carbonyl (C=O) groups is 1. The molecule has 0 saturated carbocycles. The molecular formula is C26H29NO3. The highest BCUT2D eigenvalue weighted by atomic mass is 16.5. The Morgan fingerprint density at radius 1 is 1.17 bits per heavy atom. The molecule has 1 aliphatic heterocycles. The molecule has 4 nitrogen and oxygen atoms in total. The number of hydrogen-bond acceptors (Lipinski definition) is 3. The van der Waals surface area contributed by atoms with Gasteiger partial charge in [0.2, 0.25) is 0 Å². The summed E-state index contributed by atoms with van der Waals surface area (Å²) >= 11 is 0. The predicted molar refractivity (Wildman–Crippen MR) is 120 cm³/mol. The number of amides is 1. The molecule has 0 spiro atoms. The van der Waals surface area contributed by atoms with Crippen molar-refractivity contribution >= 4 is 16.7 Å². The highest BCUT2D eigenvalue weighted by Crippen LogP contribution is 2.40. The van der Waals surface area contributed by atoms with Crippen molar-refractivity contribution in [2.45, 2.75) is 58.3 Å². The Kier molecular flexibility index (Phi) is 5.42. The maximum atomic E-state index is 13.2. The molecule has 1 amide bonds. The SMILES string of the molecule is CC[C@@H](Oc1cccc2ccccc12)C(=O)N[C@@H]1CC(C)(C)Oc2cc(C)ccc21. The zero-order valence-electron chi connectivity index (χ0n) is 18.1. The van der Waals surface area contributed by atoms with Gasteiger partial charge in [-0.05, 0) is 50.3 Å². The van der Waals surface area contributed by atoms with Gasteiger partial charge in [0.05, 0.1) is 6.04 Å². The van der Waals surface area contributed by atoms with Gasteiger partial charge in [0, 0.05) is 17.4 Å². The molecule has 4 rings (SSSR count). The molecule has 1 N–H and O–H groups in total. The van der Waals surface area contributed by atoms with E-state index in [-0.39, 0.29) is 17.6 Å². The van der Waals surface area contributed by atoms with E-state index >= 15 is 0 Å². The highest BCUT2D eigenvalue weighted by molar-refractivity contribution is 5.89. The van der Waals surface area contributed by atoms with Crippen molar-refractivity contribution in [3.63, 3.8) is 0 Å². The van der Waals surface area contributed by atoms with Crippen LogP contribution in [0, 0.1) is 6.92 Å². The number of benzene rings is 3. The maximum Gasteiger partial charge on any atom is 0.261 e. The van der Waals surface area contributed by atoms with E-state index in [2.05, 4.69) is 31.3 Å². The van der Waals surface area contributed by atoms with E-state index in [4.69, 9.17) is 9.47 Å². The summed E-state index contributed by atoms with van der Waals surface area (Å²) in [6, 6.07) is 20.0. The molecule has 3 aromatic carbocycles. The van der Waals surface area contributed by atoms with Crippen LogP contribution in [0.1, 0.15) is 50.8 Å². The number of fused-ring (bicyclic) bond motifs is 2. The first-order chi connectivity index (χ1) is 14.4. The van der Waals surface area contributed by atoms with Gasteiger partial charge in [-0.2, -0.15) is 0 Å². The topological polar surface area (TPSA) is 47.6 Å². The van der Waals surface area contributed by atoms with Gasteiger partial charge in [-0.15, -0.1) is 0 Å². The number of nitrogens with one attached hydrogen (secondary N) is 1. The van der Waals surface area contributed by atoms with Gasteiger partial charge in [0.15, 0.2) is 6.10 Å². The van der Waals surface area contributed by atoms with Crippen molar-refractivity contribution < 1.29 is 14.3 Å². The predicted octanol–water partition coefficient (Wildman–Crippen LogP) is 5.72. The first-order valence-corrected chi connectivity index (χ1v) is 10.6. The third-order valence-corrected chi connectivity index (χ3v) is 5.63. The summed E-state index contributed by atoms with van der Waals surface area (Å²) < 4.78 is 12.4. The monoisotopic (exact) mass is 403 g/mol. The summed E-state index contributed by atoms with van der Waals surface area (Å²) in [5.74, 6) is 1.48. The van der Waals surface area contributed by atoms with Gasteiger partial charge in [0.1, 0.15) is 17.1 Å². The van der Waals surface area contributed by atoms with E-state index in [0.717, 1.165) is 33.4 Å². The van der Waals surface area contributed by atoms with Crippen molar-refractivity contribution in [3.05, 3.63) is 71.8 Å². The lowest BCUT2D eigenvalue weighted by Crippen LogP contribution is -2.45. The Balaban J connectivity index is 1.56. The Morgan fingerprint density at radius 2 is 1.93 bits per heavy atom. The molecule has 156 valence electrons.